The predicted octanol–water partition coefficient (Wildman–Crippen LogP) is 11.6. The highest BCUT2D eigenvalue weighted by Crippen LogP contribution is 2.38. The zero-order valence-corrected chi connectivity index (χ0v) is 36.9. The lowest BCUT2D eigenvalue weighted by molar-refractivity contribution is -0.870. The van der Waals surface area contributed by atoms with E-state index in [1.807, 2.05) is 33.3 Å². The Morgan fingerprint density at radius 3 is 1.59 bits per heavy atom. The highest BCUT2D eigenvalue weighted by Gasteiger charge is 2.21. The SMILES string of the molecule is CC/C=C\C/C=C\C/C=C\C/C=C\CCC(=O)OC(COC(=O)CCCCCCCCCCC/C=C\C/C=C\CCCCC)COP(=O)([O-])OCC[N+](C)(C)C. The average molecular weight is 806 g/mol. The monoisotopic (exact) mass is 806 g/mol. The van der Waals surface area contributed by atoms with Crippen LogP contribution in [-0.4, -0.2) is 70.0 Å². The quantitative estimate of drug-likeness (QED) is 0.0199. The summed E-state index contributed by atoms with van der Waals surface area (Å²) in [5.41, 5.74) is 0. The molecule has 0 aromatic rings. The molecule has 0 fully saturated rings. The van der Waals surface area contributed by atoms with E-state index in [1.54, 1.807) is 0 Å². The number of phosphoric acid groups is 1. The van der Waals surface area contributed by atoms with Crippen molar-refractivity contribution in [2.75, 3.05) is 47.5 Å². The fraction of sp³-hybridized carbons (Fsp3) is 0.696. The van der Waals surface area contributed by atoms with Gasteiger partial charge in [-0.15, -0.1) is 0 Å². The number of unbranched alkanes of at least 4 members (excludes halogenated alkanes) is 12. The molecule has 0 spiro atoms. The first kappa shape index (κ1) is 53.5. The van der Waals surface area contributed by atoms with Crippen LogP contribution in [0.15, 0.2) is 72.9 Å². The topological polar surface area (TPSA) is 111 Å². The summed E-state index contributed by atoms with van der Waals surface area (Å²) >= 11 is 0. The Kier molecular flexibility index (Phi) is 36.3. The van der Waals surface area contributed by atoms with Gasteiger partial charge in [0.15, 0.2) is 6.10 Å². The van der Waals surface area contributed by atoms with Crippen molar-refractivity contribution in [1.29, 1.82) is 0 Å². The number of ether oxygens (including phenoxy) is 2. The fourth-order valence-corrected chi connectivity index (χ4v) is 6.07. The average Bonchev–Trinajstić information content (AvgIpc) is 3.15. The first-order chi connectivity index (χ1) is 27.0. The number of nitrogens with zero attached hydrogens (tertiary/aromatic N) is 1. The number of rotatable bonds is 38. The summed E-state index contributed by atoms with van der Waals surface area (Å²) in [5.74, 6) is -0.940. The maximum Gasteiger partial charge on any atom is 0.306 e. The minimum absolute atomic E-state index is 0.0475. The Balaban J connectivity index is 4.42. The van der Waals surface area contributed by atoms with Crippen molar-refractivity contribution < 1.29 is 42.1 Å². The van der Waals surface area contributed by atoms with Gasteiger partial charge in [0, 0.05) is 12.8 Å². The van der Waals surface area contributed by atoms with Crippen molar-refractivity contribution in [2.24, 2.45) is 0 Å². The van der Waals surface area contributed by atoms with Crippen LogP contribution in [0, 0.1) is 0 Å². The van der Waals surface area contributed by atoms with Crippen molar-refractivity contribution >= 4 is 19.8 Å². The molecule has 0 amide bonds. The van der Waals surface area contributed by atoms with E-state index in [9.17, 15) is 19.0 Å². The Bertz CT molecular complexity index is 1180. The summed E-state index contributed by atoms with van der Waals surface area (Å²) < 4.78 is 33.7. The number of quaternary nitrogens is 1. The number of esters is 2. The van der Waals surface area contributed by atoms with E-state index in [2.05, 4.69) is 74.6 Å². The highest BCUT2D eigenvalue weighted by molar-refractivity contribution is 7.45. The van der Waals surface area contributed by atoms with Gasteiger partial charge in [0.25, 0.3) is 7.82 Å². The van der Waals surface area contributed by atoms with E-state index < -0.39 is 32.5 Å². The molecule has 0 aliphatic carbocycles. The van der Waals surface area contributed by atoms with E-state index in [1.165, 1.54) is 57.8 Å². The molecule has 322 valence electrons. The molecule has 0 rings (SSSR count). The van der Waals surface area contributed by atoms with Crippen LogP contribution in [0.25, 0.3) is 0 Å². The number of hydrogen-bond acceptors (Lipinski definition) is 8. The van der Waals surface area contributed by atoms with Crippen LogP contribution in [0.5, 0.6) is 0 Å². The maximum absolute atomic E-state index is 12.6. The van der Waals surface area contributed by atoms with E-state index in [0.717, 1.165) is 57.8 Å². The summed E-state index contributed by atoms with van der Waals surface area (Å²) in [6.45, 7) is 3.98. The molecule has 0 aliphatic heterocycles. The molecule has 0 radical (unpaired) electrons. The molecule has 56 heavy (non-hydrogen) atoms. The minimum Gasteiger partial charge on any atom is -0.756 e. The van der Waals surface area contributed by atoms with Gasteiger partial charge in [-0.1, -0.05) is 145 Å². The normalized spacial score (nSPS) is 14.3. The molecular weight excluding hydrogens is 725 g/mol. The molecule has 0 saturated heterocycles. The molecular formula is C46H80NO8P. The zero-order chi connectivity index (χ0) is 41.4. The second-order valence-corrected chi connectivity index (χ2v) is 16.7. The van der Waals surface area contributed by atoms with Crippen LogP contribution in [0.1, 0.15) is 155 Å². The van der Waals surface area contributed by atoms with Crippen molar-refractivity contribution in [1.82, 2.24) is 0 Å². The highest BCUT2D eigenvalue weighted by atomic mass is 31.2. The Labute approximate surface area is 342 Å². The van der Waals surface area contributed by atoms with Gasteiger partial charge in [-0.25, -0.2) is 0 Å². The van der Waals surface area contributed by atoms with E-state index >= 15 is 0 Å². The summed E-state index contributed by atoms with van der Waals surface area (Å²) in [7, 11) is 1.11. The van der Waals surface area contributed by atoms with Gasteiger partial charge in [0.1, 0.15) is 19.8 Å². The van der Waals surface area contributed by atoms with Gasteiger partial charge >= 0.3 is 11.9 Å². The third kappa shape index (κ3) is 41.1. The van der Waals surface area contributed by atoms with E-state index in [-0.39, 0.29) is 26.1 Å². The molecule has 0 heterocycles. The van der Waals surface area contributed by atoms with Gasteiger partial charge in [0.05, 0.1) is 27.7 Å². The summed E-state index contributed by atoms with van der Waals surface area (Å²) in [6, 6.07) is 0. The predicted molar refractivity (Wildman–Crippen MR) is 231 cm³/mol. The third-order valence-corrected chi connectivity index (χ3v) is 9.69. The second kappa shape index (κ2) is 38.0. The third-order valence-electron chi connectivity index (χ3n) is 8.72. The standard InChI is InChI=1S/C46H80NO8P/c1-6-8-10-12-14-16-18-20-21-22-23-24-25-27-28-30-32-34-36-38-45(48)52-42-44(43-54-56(50,51)53-41-40-47(3,4)5)55-46(49)39-37-35-33-31-29-26-19-17-15-13-11-9-7-2/h9,11,14-17,20-21,26,29,33,35,44H,6-8,10,12-13,18-19,22-25,27-28,30-32,34,36-43H2,1-5H3/b11-9-,16-14-,17-15-,21-20-,29-26-,35-33-. The van der Waals surface area contributed by atoms with Crippen LogP contribution in [0.3, 0.4) is 0 Å². The molecule has 0 aromatic heterocycles. The number of carbonyl (C=O) groups is 2. The fourth-order valence-electron chi connectivity index (χ4n) is 5.34. The van der Waals surface area contributed by atoms with Gasteiger partial charge in [-0.2, -0.15) is 0 Å². The first-order valence-corrected chi connectivity index (χ1v) is 23.1. The Morgan fingerprint density at radius 1 is 0.571 bits per heavy atom. The van der Waals surface area contributed by atoms with E-state index in [0.29, 0.717) is 23.9 Å². The molecule has 2 atom stereocenters. The molecule has 9 nitrogen and oxygen atoms in total. The molecule has 10 heteroatoms. The number of phosphoric ester groups is 1. The maximum atomic E-state index is 12.6. The lowest BCUT2D eigenvalue weighted by Crippen LogP contribution is -2.37. The molecule has 0 N–H and O–H groups in total. The van der Waals surface area contributed by atoms with Crippen LogP contribution < -0.4 is 4.89 Å². The van der Waals surface area contributed by atoms with Crippen LogP contribution >= 0.6 is 7.82 Å². The lowest BCUT2D eigenvalue weighted by Gasteiger charge is -2.28. The van der Waals surface area contributed by atoms with Gasteiger partial charge in [0.2, 0.25) is 0 Å². The van der Waals surface area contributed by atoms with Gasteiger partial charge in [-0.3, -0.25) is 14.2 Å². The molecule has 2 unspecified atom stereocenters. The smallest absolute Gasteiger partial charge is 0.306 e. The van der Waals surface area contributed by atoms with Gasteiger partial charge in [-0.05, 0) is 70.6 Å². The van der Waals surface area contributed by atoms with Crippen molar-refractivity contribution in [3.63, 3.8) is 0 Å². The number of hydrogen-bond donors (Lipinski definition) is 0. The molecule has 0 bridgehead atoms. The summed E-state index contributed by atoms with van der Waals surface area (Å²) in [4.78, 5) is 37.4. The minimum atomic E-state index is -4.65. The number of allylic oxidation sites excluding steroid dienone is 12. The Morgan fingerprint density at radius 2 is 1.05 bits per heavy atom. The van der Waals surface area contributed by atoms with E-state index in [4.69, 9.17) is 18.5 Å². The largest absolute Gasteiger partial charge is 0.756 e. The molecule has 0 aliphatic rings. The van der Waals surface area contributed by atoms with Crippen molar-refractivity contribution in [2.45, 2.75) is 161 Å². The van der Waals surface area contributed by atoms with Crippen molar-refractivity contribution in [3.05, 3.63) is 72.9 Å². The summed E-state index contributed by atoms with van der Waals surface area (Å²) in [5, 5.41) is 0. The summed E-state index contributed by atoms with van der Waals surface area (Å²) in [6.07, 6.45) is 46.6. The lowest BCUT2D eigenvalue weighted by atomic mass is 10.1. The molecule has 0 saturated carbocycles. The first-order valence-electron chi connectivity index (χ1n) is 21.6. The van der Waals surface area contributed by atoms with Crippen molar-refractivity contribution in [3.8, 4) is 0 Å². The van der Waals surface area contributed by atoms with Crippen LogP contribution in [0.2, 0.25) is 0 Å². The van der Waals surface area contributed by atoms with Gasteiger partial charge < -0.3 is 27.9 Å². The van der Waals surface area contributed by atoms with Crippen LogP contribution in [-0.2, 0) is 32.7 Å². The Hall–Kier alpha value is -2.55. The number of likely N-dealkylation sites (N-methyl/N-ethyl adjacent to an activating group) is 1. The van der Waals surface area contributed by atoms with Crippen LogP contribution in [0.4, 0.5) is 0 Å². The zero-order valence-electron chi connectivity index (χ0n) is 36.1. The molecule has 0 aromatic carbocycles. The second-order valence-electron chi connectivity index (χ2n) is 15.3. The number of carbonyl (C=O) groups excluding carboxylic acids is 2.